The van der Waals surface area contributed by atoms with E-state index in [1.54, 1.807) is 21.0 Å². The van der Waals surface area contributed by atoms with Gasteiger partial charge in [0.2, 0.25) is 5.79 Å². The number of cyclic esters (lactones) is 1. The van der Waals surface area contributed by atoms with Crippen LogP contribution in [0.1, 0.15) is 112 Å². The molecule has 1 aliphatic carbocycles. The maximum Gasteiger partial charge on any atom is 0.329 e. The molecule has 0 aromatic carbocycles. The lowest BCUT2D eigenvalue weighted by Gasteiger charge is -2.47. The van der Waals surface area contributed by atoms with Crippen LogP contribution in [0.25, 0.3) is 0 Å². The third-order valence-corrected chi connectivity index (χ3v) is 13.2. The van der Waals surface area contributed by atoms with Gasteiger partial charge in [0.15, 0.2) is 0 Å². The second kappa shape index (κ2) is 22.3. The van der Waals surface area contributed by atoms with E-state index in [1.165, 1.54) is 19.1 Å². The molecule has 0 radical (unpaired) electrons. The van der Waals surface area contributed by atoms with Crippen molar-refractivity contribution in [3.63, 3.8) is 0 Å². The average Bonchev–Trinajstić information content (AvgIpc) is 3.22. The van der Waals surface area contributed by atoms with E-state index in [4.69, 9.17) is 28.4 Å². The van der Waals surface area contributed by atoms with Gasteiger partial charge in [-0.2, -0.15) is 0 Å². The van der Waals surface area contributed by atoms with Crippen molar-refractivity contribution in [1.29, 1.82) is 0 Å². The number of methoxy groups -OCH3 is 3. The van der Waals surface area contributed by atoms with Crippen LogP contribution in [0.2, 0.25) is 0 Å². The van der Waals surface area contributed by atoms with Crippen LogP contribution in [0.4, 0.5) is 0 Å². The van der Waals surface area contributed by atoms with Gasteiger partial charge in [0.25, 0.3) is 11.7 Å². The third-order valence-electron chi connectivity index (χ3n) is 13.2. The maximum absolute atomic E-state index is 14.4. The topological polar surface area (TPSA) is 184 Å². The number of allylic oxidation sites excluding steroid dienone is 3. The normalized spacial score (nSPS) is 39.1. The highest BCUT2D eigenvalue weighted by Gasteiger charge is 2.56. The number of aliphatic hydroxyl groups is 2. The number of aliphatic hydroxyl groups excluding tert-OH is 1. The number of rotatable bonds is 9. The quantitative estimate of drug-likeness (QED) is 0.141. The van der Waals surface area contributed by atoms with Gasteiger partial charge in [0.05, 0.1) is 30.5 Å². The van der Waals surface area contributed by atoms with E-state index < -0.39 is 77.8 Å². The molecular formula is C45H71NO13. The molecule has 2 bridgehead atoms. The number of esters is 1. The monoisotopic (exact) mass is 833 g/mol. The van der Waals surface area contributed by atoms with Gasteiger partial charge in [0.1, 0.15) is 36.9 Å². The molecule has 4 rings (SSSR count). The van der Waals surface area contributed by atoms with Crippen molar-refractivity contribution in [2.24, 2.45) is 29.6 Å². The summed E-state index contributed by atoms with van der Waals surface area (Å²) in [7, 11) is 4.66. The van der Waals surface area contributed by atoms with Crippen molar-refractivity contribution in [2.45, 2.75) is 167 Å². The van der Waals surface area contributed by atoms with Crippen LogP contribution in [0.5, 0.6) is 0 Å². The lowest BCUT2D eigenvalue weighted by molar-refractivity contribution is -0.302. The summed E-state index contributed by atoms with van der Waals surface area (Å²) < 4.78 is 35.7. The molecule has 59 heavy (non-hydrogen) atoms. The van der Waals surface area contributed by atoms with Crippen molar-refractivity contribution in [2.75, 3.05) is 34.5 Å². The fourth-order valence-corrected chi connectivity index (χ4v) is 9.73. The molecule has 14 heteroatoms. The van der Waals surface area contributed by atoms with E-state index in [2.05, 4.69) is 0 Å². The lowest BCUT2D eigenvalue weighted by Crippen LogP contribution is -2.64. The number of hydrogen-bond acceptors (Lipinski definition) is 13. The molecule has 1 saturated carbocycles. The molecule has 3 aliphatic heterocycles. The van der Waals surface area contributed by atoms with Crippen LogP contribution in [0.15, 0.2) is 23.3 Å². The van der Waals surface area contributed by atoms with Gasteiger partial charge in [-0.1, -0.05) is 45.4 Å². The first-order chi connectivity index (χ1) is 28.0. The number of ether oxygens (including phenoxy) is 6. The number of carbonyl (C=O) groups excluding carboxylic acids is 5. The van der Waals surface area contributed by atoms with Gasteiger partial charge in [-0.25, -0.2) is 4.79 Å². The van der Waals surface area contributed by atoms with E-state index in [0.717, 1.165) is 5.57 Å². The molecule has 3 fully saturated rings. The Morgan fingerprint density at radius 2 is 1.61 bits per heavy atom. The van der Waals surface area contributed by atoms with Crippen LogP contribution in [0, 0.1) is 29.6 Å². The molecule has 14 atom stereocenters. The standard InChI is InChI=1S/C45H71NO13/c1-10-32-20-26(2)19-27(3)21-38(55-8)41-39(56-9)23-29(5)45(53,59-41)42(50)43(51)46-16-12-11-13-33(46)44(52)58-40(30(6)34(48)25-35(32)49)28(4)22-31-14-15-36(57-18-17-47)37(24-31)54-7/h17,20,22,27,29-34,36-41,48,53H,10-16,18-19,21,23-25H2,1-9H3. The Kier molecular flexibility index (Phi) is 18.5. The molecule has 14 unspecified atom stereocenters. The Morgan fingerprint density at radius 3 is 2.25 bits per heavy atom. The highest BCUT2D eigenvalue weighted by molar-refractivity contribution is 6.39. The summed E-state index contributed by atoms with van der Waals surface area (Å²) in [4.78, 5) is 68.9. The number of nitrogens with zero attached hydrogens (tertiary/aromatic N) is 1. The third kappa shape index (κ3) is 12.0. The zero-order valence-corrected chi connectivity index (χ0v) is 36.8. The Hall–Kier alpha value is -2.85. The van der Waals surface area contributed by atoms with Crippen LogP contribution in [-0.4, -0.2) is 134 Å². The largest absolute Gasteiger partial charge is 0.456 e. The highest BCUT2D eigenvalue weighted by Crippen LogP contribution is 2.39. The molecule has 1 amide bonds. The van der Waals surface area contributed by atoms with E-state index in [0.29, 0.717) is 63.2 Å². The minimum atomic E-state index is -2.51. The summed E-state index contributed by atoms with van der Waals surface area (Å²) in [5.74, 6) is -7.58. The first kappa shape index (κ1) is 48.8. The van der Waals surface area contributed by atoms with Crippen LogP contribution < -0.4 is 0 Å². The summed E-state index contributed by atoms with van der Waals surface area (Å²) in [5, 5.41) is 23.8. The predicted molar refractivity (Wildman–Crippen MR) is 218 cm³/mol. The predicted octanol–water partition coefficient (Wildman–Crippen LogP) is 4.70. The van der Waals surface area contributed by atoms with Crippen molar-refractivity contribution in [3.8, 4) is 0 Å². The minimum Gasteiger partial charge on any atom is -0.456 e. The van der Waals surface area contributed by atoms with Crippen molar-refractivity contribution < 1.29 is 62.6 Å². The Labute approximate surface area is 350 Å². The van der Waals surface area contributed by atoms with Gasteiger partial charge < -0.3 is 48.3 Å². The summed E-state index contributed by atoms with van der Waals surface area (Å²) in [5.41, 5.74) is 1.65. The van der Waals surface area contributed by atoms with Crippen molar-refractivity contribution >= 4 is 29.7 Å². The van der Waals surface area contributed by atoms with E-state index >= 15 is 0 Å². The molecule has 3 heterocycles. The number of hydrogen-bond donors (Lipinski definition) is 2. The molecule has 2 N–H and O–H groups in total. The minimum absolute atomic E-state index is 0.00586. The average molecular weight is 834 g/mol. The lowest BCUT2D eigenvalue weighted by atomic mass is 9.81. The summed E-state index contributed by atoms with van der Waals surface area (Å²) in [6.07, 6.45) is 4.92. The Bertz CT molecular complexity index is 1510. The Balaban J connectivity index is 1.75. The first-order valence-electron chi connectivity index (χ1n) is 21.7. The number of aldehydes is 1. The number of ketones is 2. The van der Waals surface area contributed by atoms with Gasteiger partial charge >= 0.3 is 5.97 Å². The van der Waals surface area contributed by atoms with Gasteiger partial charge in [-0.05, 0) is 95.5 Å². The van der Waals surface area contributed by atoms with Crippen molar-refractivity contribution in [3.05, 3.63) is 23.3 Å². The van der Waals surface area contributed by atoms with Crippen LogP contribution in [0.3, 0.4) is 0 Å². The summed E-state index contributed by atoms with van der Waals surface area (Å²) in [6, 6.07) is -1.14. The highest BCUT2D eigenvalue weighted by atomic mass is 16.7. The first-order valence-corrected chi connectivity index (χ1v) is 21.7. The Morgan fingerprint density at radius 1 is 0.932 bits per heavy atom. The van der Waals surface area contributed by atoms with Crippen molar-refractivity contribution in [1.82, 2.24) is 4.90 Å². The number of piperidine rings is 1. The number of Topliss-reactive ketones (excluding diaryl/α,β-unsaturated/α-hetero) is 2. The van der Waals surface area contributed by atoms with E-state index in [-0.39, 0.29) is 62.2 Å². The van der Waals surface area contributed by atoms with Gasteiger partial charge in [-0.3, -0.25) is 14.4 Å². The molecular weight excluding hydrogens is 762 g/mol. The smallest absolute Gasteiger partial charge is 0.329 e. The molecule has 334 valence electrons. The number of amides is 1. The summed E-state index contributed by atoms with van der Waals surface area (Å²) >= 11 is 0. The summed E-state index contributed by atoms with van der Waals surface area (Å²) in [6.45, 7) is 11.2. The molecule has 2 saturated heterocycles. The molecule has 0 aromatic heterocycles. The van der Waals surface area contributed by atoms with Gasteiger partial charge in [0, 0.05) is 52.0 Å². The fraction of sp³-hybridized carbons (Fsp3) is 0.800. The second-order valence-corrected chi connectivity index (χ2v) is 17.6. The molecule has 0 spiro atoms. The SMILES string of the molecule is CCC1C=C(C)CC(C)CC(OC)C2OC(O)(C(=O)C(=O)N3CCCCC3C(=O)OC(C(C)=CC3CCC(OCC=O)C(OC)C3)C(C)C(O)CC1=O)C(C)CC2OC. The number of fused-ring (bicyclic) bond motifs is 3. The van der Waals surface area contributed by atoms with E-state index in [1.807, 2.05) is 39.8 Å². The fourth-order valence-electron chi connectivity index (χ4n) is 9.73. The molecule has 4 aliphatic rings. The second-order valence-electron chi connectivity index (χ2n) is 17.6. The van der Waals surface area contributed by atoms with Gasteiger partial charge in [-0.15, -0.1) is 0 Å². The zero-order chi connectivity index (χ0) is 43.6. The zero-order valence-electron chi connectivity index (χ0n) is 36.8. The maximum atomic E-state index is 14.4. The molecule has 0 aromatic rings. The van der Waals surface area contributed by atoms with Crippen LogP contribution in [-0.2, 0) is 52.4 Å². The van der Waals surface area contributed by atoms with Crippen LogP contribution >= 0.6 is 0 Å². The molecule has 14 nitrogen and oxygen atoms in total. The number of carbonyl (C=O) groups is 5. The van der Waals surface area contributed by atoms with E-state index in [9.17, 15) is 34.2 Å².